The Morgan fingerprint density at radius 3 is 2.81 bits per heavy atom. The Bertz CT molecular complexity index is 646. The van der Waals surface area contributed by atoms with Crippen molar-refractivity contribution in [3.63, 3.8) is 0 Å². The summed E-state index contributed by atoms with van der Waals surface area (Å²) in [4.78, 5) is 19.7. The summed E-state index contributed by atoms with van der Waals surface area (Å²) in [5, 5.41) is 11.0. The highest BCUT2D eigenvalue weighted by Gasteiger charge is 2.43. The standard InChI is InChI=1S/C19H31N5OS/c1-3-4-16-20-21-18(26-16)24-12-11-22(2)19(14-24)8-7-17(25)23(10-9-19)13-15-5-6-15/h15H,3-14H2,1-2H3/t19-/m1/s1. The highest BCUT2D eigenvalue weighted by atomic mass is 32.1. The van der Waals surface area contributed by atoms with Crippen LogP contribution in [-0.4, -0.2) is 71.2 Å². The van der Waals surface area contributed by atoms with Crippen LogP contribution < -0.4 is 4.90 Å². The second-order valence-electron chi connectivity index (χ2n) is 8.33. The third kappa shape index (κ3) is 3.74. The van der Waals surface area contributed by atoms with Gasteiger partial charge in [0.1, 0.15) is 5.01 Å². The number of rotatable bonds is 5. The number of anilines is 1. The van der Waals surface area contributed by atoms with E-state index in [-0.39, 0.29) is 5.54 Å². The van der Waals surface area contributed by atoms with E-state index in [0.717, 1.165) is 74.5 Å². The summed E-state index contributed by atoms with van der Waals surface area (Å²) in [6.45, 7) is 7.07. The minimum atomic E-state index is 0.0861. The maximum absolute atomic E-state index is 12.6. The average molecular weight is 378 g/mol. The van der Waals surface area contributed by atoms with Crippen LogP contribution in [0.2, 0.25) is 0 Å². The van der Waals surface area contributed by atoms with Crippen molar-refractivity contribution in [2.75, 3.05) is 44.7 Å². The van der Waals surface area contributed by atoms with E-state index in [4.69, 9.17) is 0 Å². The van der Waals surface area contributed by atoms with Crippen molar-refractivity contribution in [1.82, 2.24) is 20.0 Å². The molecule has 0 aromatic carbocycles. The van der Waals surface area contributed by atoms with Crippen LogP contribution >= 0.6 is 11.3 Å². The monoisotopic (exact) mass is 377 g/mol. The molecule has 6 nitrogen and oxygen atoms in total. The topological polar surface area (TPSA) is 52.6 Å². The molecule has 0 N–H and O–H groups in total. The van der Waals surface area contributed by atoms with Gasteiger partial charge in [0.25, 0.3) is 0 Å². The summed E-state index contributed by atoms with van der Waals surface area (Å²) in [5.41, 5.74) is 0.0861. The lowest BCUT2D eigenvalue weighted by molar-refractivity contribution is -0.130. The molecule has 0 radical (unpaired) electrons. The SMILES string of the molecule is CCCc1nnc(N2CCN(C)[C@@]3(CCC(=O)N(CC4CC4)CC3)C2)s1. The van der Waals surface area contributed by atoms with E-state index in [9.17, 15) is 4.79 Å². The lowest BCUT2D eigenvalue weighted by Gasteiger charge is -2.49. The van der Waals surface area contributed by atoms with Crippen LogP contribution in [0.5, 0.6) is 0 Å². The zero-order valence-corrected chi connectivity index (χ0v) is 16.9. The number of likely N-dealkylation sites (tertiary alicyclic amines) is 1. The molecule has 3 aliphatic rings. The first-order chi connectivity index (χ1) is 12.6. The largest absolute Gasteiger partial charge is 0.344 e. The minimum absolute atomic E-state index is 0.0861. The van der Waals surface area contributed by atoms with Gasteiger partial charge >= 0.3 is 0 Å². The van der Waals surface area contributed by atoms with E-state index < -0.39 is 0 Å². The van der Waals surface area contributed by atoms with Gasteiger partial charge in [-0.05, 0) is 45.1 Å². The number of piperazine rings is 1. The van der Waals surface area contributed by atoms with E-state index in [1.165, 1.54) is 12.8 Å². The fourth-order valence-electron chi connectivity index (χ4n) is 4.35. The number of likely N-dealkylation sites (N-methyl/N-ethyl adjacent to an activating group) is 1. The summed E-state index contributed by atoms with van der Waals surface area (Å²) in [6.07, 6.45) is 7.45. The Kier molecular flexibility index (Phi) is 5.19. The molecule has 0 bridgehead atoms. The summed E-state index contributed by atoms with van der Waals surface area (Å²) in [6, 6.07) is 0. The van der Waals surface area contributed by atoms with Gasteiger partial charge in [-0.3, -0.25) is 9.69 Å². The molecule has 1 aromatic rings. The van der Waals surface area contributed by atoms with Crippen LogP contribution in [0.15, 0.2) is 0 Å². The number of carbonyl (C=O) groups is 1. The van der Waals surface area contributed by atoms with E-state index >= 15 is 0 Å². The third-order valence-corrected chi connectivity index (χ3v) is 7.41. The number of hydrogen-bond donors (Lipinski definition) is 0. The Morgan fingerprint density at radius 2 is 2.04 bits per heavy atom. The van der Waals surface area contributed by atoms with Crippen LogP contribution in [0.4, 0.5) is 5.13 Å². The lowest BCUT2D eigenvalue weighted by Crippen LogP contribution is -2.61. The predicted molar refractivity (Wildman–Crippen MR) is 105 cm³/mol. The van der Waals surface area contributed by atoms with Crippen molar-refractivity contribution < 1.29 is 4.79 Å². The maximum atomic E-state index is 12.6. The Labute approximate surface area is 160 Å². The molecule has 1 saturated carbocycles. The molecule has 7 heteroatoms. The van der Waals surface area contributed by atoms with Crippen LogP contribution in [-0.2, 0) is 11.2 Å². The summed E-state index contributed by atoms with van der Waals surface area (Å²) in [5.74, 6) is 1.13. The molecular weight excluding hydrogens is 346 g/mol. The minimum Gasteiger partial charge on any atom is -0.344 e. The van der Waals surface area contributed by atoms with Gasteiger partial charge < -0.3 is 9.80 Å². The number of aromatic nitrogens is 2. The Balaban J connectivity index is 1.47. The first-order valence-electron chi connectivity index (χ1n) is 10.2. The number of aryl methyl sites for hydroxylation is 1. The molecule has 2 saturated heterocycles. The van der Waals surface area contributed by atoms with Crippen molar-refractivity contribution in [2.45, 2.75) is 57.4 Å². The smallest absolute Gasteiger partial charge is 0.222 e. The first-order valence-corrected chi connectivity index (χ1v) is 11.0. The van der Waals surface area contributed by atoms with Crippen molar-refractivity contribution in [2.24, 2.45) is 5.92 Å². The van der Waals surface area contributed by atoms with Gasteiger partial charge in [-0.25, -0.2) is 0 Å². The van der Waals surface area contributed by atoms with E-state index in [2.05, 4.69) is 38.9 Å². The summed E-state index contributed by atoms with van der Waals surface area (Å²) < 4.78 is 0. The first kappa shape index (κ1) is 18.2. The molecular formula is C19H31N5OS. The molecule has 3 heterocycles. The molecule has 144 valence electrons. The molecule has 26 heavy (non-hydrogen) atoms. The van der Waals surface area contributed by atoms with Crippen molar-refractivity contribution >= 4 is 22.4 Å². The Hall–Kier alpha value is -1.21. The van der Waals surface area contributed by atoms with E-state index in [1.807, 2.05) is 0 Å². The molecule has 1 amide bonds. The van der Waals surface area contributed by atoms with Gasteiger partial charge in [-0.2, -0.15) is 0 Å². The molecule has 1 aliphatic carbocycles. The van der Waals surface area contributed by atoms with E-state index in [1.54, 1.807) is 11.3 Å². The molecule has 1 aromatic heterocycles. The summed E-state index contributed by atoms with van der Waals surface area (Å²) >= 11 is 1.74. The lowest BCUT2D eigenvalue weighted by atomic mass is 9.86. The molecule has 1 atom stereocenters. The highest BCUT2D eigenvalue weighted by molar-refractivity contribution is 7.15. The molecule has 0 unspecified atom stereocenters. The fraction of sp³-hybridized carbons (Fsp3) is 0.842. The Morgan fingerprint density at radius 1 is 1.19 bits per heavy atom. The molecule has 3 fully saturated rings. The van der Waals surface area contributed by atoms with Crippen molar-refractivity contribution in [3.05, 3.63) is 5.01 Å². The predicted octanol–water partition coefficient (Wildman–Crippen LogP) is 2.40. The van der Waals surface area contributed by atoms with Crippen molar-refractivity contribution in [3.8, 4) is 0 Å². The highest BCUT2D eigenvalue weighted by Crippen LogP contribution is 2.36. The van der Waals surface area contributed by atoms with Crippen LogP contribution in [0.3, 0.4) is 0 Å². The van der Waals surface area contributed by atoms with Crippen molar-refractivity contribution in [1.29, 1.82) is 0 Å². The zero-order chi connectivity index (χ0) is 18.1. The van der Waals surface area contributed by atoms with Gasteiger partial charge in [-0.1, -0.05) is 18.3 Å². The van der Waals surface area contributed by atoms with Gasteiger partial charge in [-0.15, -0.1) is 10.2 Å². The maximum Gasteiger partial charge on any atom is 0.222 e. The normalized spacial score (nSPS) is 28.0. The molecule has 2 aliphatic heterocycles. The average Bonchev–Trinajstić information content (AvgIpc) is 3.37. The fourth-order valence-corrected chi connectivity index (χ4v) is 5.31. The molecule has 1 spiro atoms. The van der Waals surface area contributed by atoms with Crippen LogP contribution in [0, 0.1) is 5.92 Å². The van der Waals surface area contributed by atoms with Gasteiger partial charge in [0.15, 0.2) is 0 Å². The van der Waals surface area contributed by atoms with Crippen LogP contribution in [0.25, 0.3) is 0 Å². The number of carbonyl (C=O) groups excluding carboxylic acids is 1. The second kappa shape index (κ2) is 7.43. The van der Waals surface area contributed by atoms with Gasteiger partial charge in [0, 0.05) is 51.1 Å². The third-order valence-electron chi connectivity index (χ3n) is 6.37. The van der Waals surface area contributed by atoms with E-state index in [0.29, 0.717) is 12.3 Å². The quantitative estimate of drug-likeness (QED) is 0.789. The number of amides is 1. The van der Waals surface area contributed by atoms with Gasteiger partial charge in [0.05, 0.1) is 0 Å². The second-order valence-corrected chi connectivity index (χ2v) is 9.37. The van der Waals surface area contributed by atoms with Crippen LogP contribution in [0.1, 0.15) is 50.5 Å². The van der Waals surface area contributed by atoms with Gasteiger partial charge in [0.2, 0.25) is 11.0 Å². The molecule has 4 rings (SSSR count). The number of hydrogen-bond acceptors (Lipinski definition) is 6. The summed E-state index contributed by atoms with van der Waals surface area (Å²) in [7, 11) is 2.24. The zero-order valence-electron chi connectivity index (χ0n) is 16.1. The number of nitrogens with zero attached hydrogens (tertiary/aromatic N) is 5.